The van der Waals surface area contributed by atoms with Crippen molar-refractivity contribution in [2.75, 3.05) is 0 Å². The van der Waals surface area contributed by atoms with Crippen molar-refractivity contribution in [1.82, 2.24) is 0 Å². The average Bonchev–Trinajstić information content (AvgIpc) is 3.12. The van der Waals surface area contributed by atoms with Gasteiger partial charge in [-0.05, 0) is 90.7 Å². The summed E-state index contributed by atoms with van der Waals surface area (Å²) in [5.74, 6) is 2.50. The molecule has 0 radical (unpaired) electrons. The Kier molecular flexibility index (Phi) is 7.16. The second-order valence-corrected chi connectivity index (χ2v) is 12.0. The summed E-state index contributed by atoms with van der Waals surface area (Å²) in [7, 11) is 0. The van der Waals surface area contributed by atoms with Crippen LogP contribution in [0.4, 0.5) is 0 Å². The van der Waals surface area contributed by atoms with Crippen LogP contribution in [0.5, 0.6) is 0 Å². The SMILES string of the molecule is CC(C)(C)C1CCC(c2ccccc2)CC1.Cc1ccc2c(c1)C(C(C)(C)C)CC2. The molecule has 164 valence electrons. The molecule has 0 spiro atoms. The molecule has 0 aromatic heterocycles. The van der Waals surface area contributed by atoms with Crippen molar-refractivity contribution in [3.8, 4) is 0 Å². The number of rotatable bonds is 1. The van der Waals surface area contributed by atoms with Gasteiger partial charge in [-0.2, -0.15) is 0 Å². The Morgan fingerprint density at radius 2 is 1.33 bits per heavy atom. The third kappa shape index (κ3) is 5.77. The minimum atomic E-state index is 0.416. The molecule has 2 aliphatic carbocycles. The molecular formula is C30H44. The molecule has 2 aromatic carbocycles. The van der Waals surface area contributed by atoms with Gasteiger partial charge in [-0.15, -0.1) is 0 Å². The molecule has 1 unspecified atom stereocenters. The highest BCUT2D eigenvalue weighted by molar-refractivity contribution is 5.39. The van der Waals surface area contributed by atoms with Crippen LogP contribution in [0.3, 0.4) is 0 Å². The van der Waals surface area contributed by atoms with E-state index < -0.39 is 0 Å². The van der Waals surface area contributed by atoms with E-state index in [1.54, 1.807) is 16.7 Å². The summed E-state index contributed by atoms with van der Waals surface area (Å²) in [6.07, 6.45) is 8.18. The van der Waals surface area contributed by atoms with Crippen molar-refractivity contribution in [3.05, 3.63) is 70.8 Å². The lowest BCUT2D eigenvalue weighted by atomic mass is 9.69. The Balaban J connectivity index is 0.000000172. The van der Waals surface area contributed by atoms with Crippen LogP contribution in [0.2, 0.25) is 0 Å². The van der Waals surface area contributed by atoms with E-state index in [0.717, 1.165) is 17.8 Å². The van der Waals surface area contributed by atoms with Gasteiger partial charge in [0.25, 0.3) is 0 Å². The summed E-state index contributed by atoms with van der Waals surface area (Å²) in [5, 5.41) is 0. The van der Waals surface area contributed by atoms with Crippen molar-refractivity contribution >= 4 is 0 Å². The summed E-state index contributed by atoms with van der Waals surface area (Å²) in [6, 6.07) is 18.0. The molecule has 2 aromatic rings. The summed E-state index contributed by atoms with van der Waals surface area (Å²) in [5.41, 5.74) is 7.06. The van der Waals surface area contributed by atoms with Gasteiger partial charge in [0, 0.05) is 0 Å². The number of hydrogen-bond donors (Lipinski definition) is 0. The Morgan fingerprint density at radius 3 is 1.90 bits per heavy atom. The third-order valence-electron chi connectivity index (χ3n) is 7.65. The topological polar surface area (TPSA) is 0 Å². The molecule has 0 bridgehead atoms. The summed E-state index contributed by atoms with van der Waals surface area (Å²) >= 11 is 0. The maximum absolute atomic E-state index is 2.39. The molecule has 30 heavy (non-hydrogen) atoms. The lowest BCUT2D eigenvalue weighted by Crippen LogP contribution is -2.25. The summed E-state index contributed by atoms with van der Waals surface area (Å²) < 4.78 is 0. The molecule has 0 amide bonds. The van der Waals surface area contributed by atoms with E-state index in [1.165, 1.54) is 44.1 Å². The Hall–Kier alpha value is -1.56. The fraction of sp³-hybridized carbons (Fsp3) is 0.600. The van der Waals surface area contributed by atoms with Crippen molar-refractivity contribution in [2.24, 2.45) is 16.7 Å². The number of fused-ring (bicyclic) bond motifs is 1. The zero-order valence-corrected chi connectivity index (χ0v) is 20.6. The quantitative estimate of drug-likeness (QED) is 0.444. The minimum Gasteiger partial charge on any atom is -0.0622 e. The van der Waals surface area contributed by atoms with E-state index >= 15 is 0 Å². The molecule has 1 saturated carbocycles. The molecule has 1 fully saturated rings. The van der Waals surface area contributed by atoms with E-state index in [-0.39, 0.29) is 0 Å². The number of hydrogen-bond acceptors (Lipinski definition) is 0. The first-order chi connectivity index (χ1) is 14.1. The van der Waals surface area contributed by atoms with E-state index in [0.29, 0.717) is 10.8 Å². The van der Waals surface area contributed by atoms with E-state index in [1.807, 2.05) is 0 Å². The Bertz CT molecular complexity index is 792. The van der Waals surface area contributed by atoms with Gasteiger partial charge in [-0.1, -0.05) is 95.6 Å². The molecule has 1 atom stereocenters. The largest absolute Gasteiger partial charge is 0.0622 e. The van der Waals surface area contributed by atoms with Gasteiger partial charge in [0.1, 0.15) is 0 Å². The zero-order valence-electron chi connectivity index (χ0n) is 20.6. The van der Waals surface area contributed by atoms with Crippen molar-refractivity contribution in [1.29, 1.82) is 0 Å². The molecule has 0 nitrogen and oxygen atoms in total. The number of benzene rings is 2. The summed E-state index contributed by atoms with van der Waals surface area (Å²) in [6.45, 7) is 16.4. The van der Waals surface area contributed by atoms with Crippen molar-refractivity contribution in [3.63, 3.8) is 0 Å². The van der Waals surface area contributed by atoms with Crippen LogP contribution in [0.25, 0.3) is 0 Å². The van der Waals surface area contributed by atoms with E-state index in [9.17, 15) is 0 Å². The molecule has 0 saturated heterocycles. The smallest absolute Gasteiger partial charge is 0.0107 e. The van der Waals surface area contributed by atoms with Crippen LogP contribution >= 0.6 is 0 Å². The number of aryl methyl sites for hydroxylation is 2. The normalized spacial score (nSPS) is 24.0. The van der Waals surface area contributed by atoms with Crippen LogP contribution < -0.4 is 0 Å². The molecule has 0 heterocycles. The fourth-order valence-electron chi connectivity index (χ4n) is 5.64. The monoisotopic (exact) mass is 404 g/mol. The van der Waals surface area contributed by atoms with Gasteiger partial charge in [0.2, 0.25) is 0 Å². The Labute approximate surface area is 186 Å². The standard InChI is InChI=1S/C16H24.C14H20/c1-16(2,3)15-11-9-14(10-12-15)13-7-5-4-6-8-13;1-10-5-6-11-7-8-13(12(11)9-10)14(2,3)4/h4-8,14-15H,9-12H2,1-3H3;5-6,9,13H,7-8H2,1-4H3. The first kappa shape index (κ1) is 23.1. The maximum Gasteiger partial charge on any atom is -0.0107 e. The lowest BCUT2D eigenvalue weighted by Gasteiger charge is -2.37. The second-order valence-electron chi connectivity index (χ2n) is 12.0. The predicted molar refractivity (Wildman–Crippen MR) is 132 cm³/mol. The van der Waals surface area contributed by atoms with Crippen molar-refractivity contribution in [2.45, 2.75) is 98.8 Å². The van der Waals surface area contributed by atoms with Gasteiger partial charge < -0.3 is 0 Å². The van der Waals surface area contributed by atoms with Crippen LogP contribution in [0.1, 0.15) is 108 Å². The molecule has 0 heteroatoms. The Morgan fingerprint density at radius 1 is 0.700 bits per heavy atom. The van der Waals surface area contributed by atoms with Crippen LogP contribution in [0.15, 0.2) is 48.5 Å². The zero-order chi connectivity index (χ0) is 21.9. The maximum atomic E-state index is 2.39. The lowest BCUT2D eigenvalue weighted by molar-refractivity contribution is 0.169. The first-order valence-corrected chi connectivity index (χ1v) is 12.2. The third-order valence-corrected chi connectivity index (χ3v) is 7.65. The first-order valence-electron chi connectivity index (χ1n) is 12.2. The highest BCUT2D eigenvalue weighted by atomic mass is 14.4. The average molecular weight is 405 g/mol. The van der Waals surface area contributed by atoms with Gasteiger partial charge >= 0.3 is 0 Å². The van der Waals surface area contributed by atoms with Crippen LogP contribution in [-0.4, -0.2) is 0 Å². The van der Waals surface area contributed by atoms with E-state index in [2.05, 4.69) is 97.0 Å². The highest BCUT2D eigenvalue weighted by Crippen LogP contribution is 2.45. The van der Waals surface area contributed by atoms with E-state index in [4.69, 9.17) is 0 Å². The molecule has 4 rings (SSSR count). The van der Waals surface area contributed by atoms with Gasteiger partial charge in [-0.3, -0.25) is 0 Å². The van der Waals surface area contributed by atoms with Gasteiger partial charge in [-0.25, -0.2) is 0 Å². The molecular weight excluding hydrogens is 360 g/mol. The second kappa shape index (κ2) is 9.29. The van der Waals surface area contributed by atoms with Crippen LogP contribution in [-0.2, 0) is 6.42 Å². The highest BCUT2D eigenvalue weighted by Gasteiger charge is 2.32. The van der Waals surface area contributed by atoms with Crippen LogP contribution in [0, 0.1) is 23.7 Å². The molecule has 0 aliphatic heterocycles. The van der Waals surface area contributed by atoms with Gasteiger partial charge in [0.15, 0.2) is 0 Å². The van der Waals surface area contributed by atoms with Gasteiger partial charge in [0.05, 0.1) is 0 Å². The summed E-state index contributed by atoms with van der Waals surface area (Å²) in [4.78, 5) is 0. The molecule has 2 aliphatic rings. The van der Waals surface area contributed by atoms with Crippen molar-refractivity contribution < 1.29 is 0 Å². The fourth-order valence-corrected chi connectivity index (χ4v) is 5.64. The predicted octanol–water partition coefficient (Wildman–Crippen LogP) is 9.08. The molecule has 0 N–H and O–H groups in total. The minimum absolute atomic E-state index is 0.416.